The summed E-state index contributed by atoms with van der Waals surface area (Å²) in [6, 6.07) is 7.03. The molecule has 234 valence electrons. The van der Waals surface area contributed by atoms with Crippen LogP contribution in [0.25, 0.3) is 10.9 Å². The molecule has 0 spiro atoms. The predicted octanol–water partition coefficient (Wildman–Crippen LogP) is 6.22. The minimum Gasteiger partial charge on any atom is -0.493 e. The first kappa shape index (κ1) is 32.5. The number of piperazine rings is 1. The predicted molar refractivity (Wildman–Crippen MR) is 167 cm³/mol. The molecular weight excluding hydrogens is 568 g/mol. The van der Waals surface area contributed by atoms with Gasteiger partial charge in [-0.3, -0.25) is 0 Å². The Morgan fingerprint density at radius 3 is 2.00 bits per heavy atom. The van der Waals surface area contributed by atoms with Gasteiger partial charge in [0.25, 0.3) is 0 Å². The second-order valence-electron chi connectivity index (χ2n) is 11.9. The summed E-state index contributed by atoms with van der Waals surface area (Å²) in [5.74, 6) is 0.685. The topological polar surface area (TPSA) is 111 Å². The Bertz CT molecular complexity index is 1570. The van der Waals surface area contributed by atoms with Gasteiger partial charge in [0.05, 0.1) is 18.0 Å². The van der Waals surface area contributed by atoms with Crippen molar-refractivity contribution in [2.45, 2.75) is 78.0 Å². The summed E-state index contributed by atoms with van der Waals surface area (Å²) in [4.78, 5) is 26.0. The number of ether oxygens (including phenoxy) is 2. The number of hydrogen-bond donors (Lipinski definition) is 0. The summed E-state index contributed by atoms with van der Waals surface area (Å²) in [5, 5.41) is 0.282. The highest BCUT2D eigenvalue weighted by Gasteiger charge is 2.31. The second-order valence-corrected chi connectivity index (χ2v) is 13.4. The van der Waals surface area contributed by atoms with Crippen LogP contribution in [0.1, 0.15) is 88.7 Å². The third kappa shape index (κ3) is 7.04. The molecule has 0 bridgehead atoms. The quantitative estimate of drug-likeness (QED) is 0.260. The minimum absolute atomic E-state index is 0.0667. The average molecular weight is 613 g/mol. The number of aromatic nitrogens is 2. The van der Waals surface area contributed by atoms with Gasteiger partial charge in [-0.1, -0.05) is 60.6 Å². The molecule has 11 heteroatoms. The van der Waals surface area contributed by atoms with Crippen molar-refractivity contribution in [2.24, 2.45) is 0 Å². The third-order valence-corrected chi connectivity index (χ3v) is 9.20. The molecule has 0 radical (unpaired) electrons. The molecule has 1 saturated heterocycles. The molecule has 4 rings (SSSR count). The molecule has 10 nitrogen and oxygen atoms in total. The molecule has 1 aromatic heterocycles. The summed E-state index contributed by atoms with van der Waals surface area (Å²) in [6.45, 7) is 19.4. The lowest BCUT2D eigenvalue weighted by atomic mass is 9.89. The fourth-order valence-corrected chi connectivity index (χ4v) is 6.84. The monoisotopic (exact) mass is 612 g/mol. The van der Waals surface area contributed by atoms with Crippen LogP contribution in [0.5, 0.6) is 17.4 Å². The van der Waals surface area contributed by atoms with Gasteiger partial charge >= 0.3 is 16.2 Å². The van der Waals surface area contributed by atoms with Gasteiger partial charge in [-0.05, 0) is 54.0 Å². The van der Waals surface area contributed by atoms with Crippen molar-refractivity contribution in [3.05, 3.63) is 46.8 Å². The van der Waals surface area contributed by atoms with Crippen LogP contribution in [0.15, 0.2) is 29.2 Å². The van der Waals surface area contributed by atoms with Crippen molar-refractivity contribution in [2.75, 3.05) is 39.8 Å². The maximum absolute atomic E-state index is 14.1. The van der Waals surface area contributed by atoms with E-state index in [2.05, 4.69) is 35.6 Å². The number of benzene rings is 2. The van der Waals surface area contributed by atoms with Crippen LogP contribution < -0.4 is 13.7 Å². The van der Waals surface area contributed by atoms with E-state index in [4.69, 9.17) is 13.7 Å². The number of nitrogens with zero attached hydrogens (tertiary/aromatic N) is 4. The fourth-order valence-electron chi connectivity index (χ4n) is 5.25. The summed E-state index contributed by atoms with van der Waals surface area (Å²) >= 11 is 0. The SMILES string of the molecule is CCN1CCN(C(=O)Oc2cc3c(OS(=O)(=O)c4c(C(C)C)cc(C(C)C)cc4C(C)C)nc(C)nc3cc2OC)CC1. The first-order valence-electron chi connectivity index (χ1n) is 14.9. The van der Waals surface area contributed by atoms with Crippen molar-refractivity contribution in [1.82, 2.24) is 19.8 Å². The summed E-state index contributed by atoms with van der Waals surface area (Å²) < 4.78 is 45.4. The molecule has 0 saturated carbocycles. The molecule has 2 aromatic carbocycles. The van der Waals surface area contributed by atoms with Gasteiger partial charge in [0.15, 0.2) is 11.5 Å². The molecule has 2 heterocycles. The summed E-state index contributed by atoms with van der Waals surface area (Å²) in [6.07, 6.45) is -0.509. The molecule has 0 aliphatic carbocycles. The molecule has 0 N–H and O–H groups in total. The van der Waals surface area contributed by atoms with Crippen molar-refractivity contribution in [3.8, 4) is 17.4 Å². The van der Waals surface area contributed by atoms with E-state index in [1.807, 2.05) is 39.8 Å². The first-order chi connectivity index (χ1) is 20.2. The van der Waals surface area contributed by atoms with Crippen LogP contribution in [-0.2, 0) is 10.1 Å². The molecule has 0 atom stereocenters. The fraction of sp³-hybridized carbons (Fsp3) is 0.531. The number of amides is 1. The second kappa shape index (κ2) is 13.1. The smallest absolute Gasteiger partial charge is 0.415 e. The molecule has 1 aliphatic heterocycles. The maximum atomic E-state index is 14.1. The minimum atomic E-state index is -4.33. The Kier molecular flexibility index (Phi) is 9.86. The van der Waals surface area contributed by atoms with E-state index in [1.165, 1.54) is 13.2 Å². The highest BCUT2D eigenvalue weighted by Crippen LogP contribution is 2.39. The van der Waals surface area contributed by atoms with Gasteiger partial charge in [0, 0.05) is 32.2 Å². The van der Waals surface area contributed by atoms with Gasteiger partial charge in [0.2, 0.25) is 5.88 Å². The lowest BCUT2D eigenvalue weighted by Gasteiger charge is -2.33. The van der Waals surface area contributed by atoms with Gasteiger partial charge < -0.3 is 23.5 Å². The number of fused-ring (bicyclic) bond motifs is 1. The number of methoxy groups -OCH3 is 1. The van der Waals surface area contributed by atoms with Crippen LogP contribution >= 0.6 is 0 Å². The Hall–Kier alpha value is -3.44. The number of rotatable bonds is 9. The number of hydrogen-bond acceptors (Lipinski definition) is 9. The van der Waals surface area contributed by atoms with E-state index in [0.29, 0.717) is 35.6 Å². The molecular formula is C32H44N4O6S. The van der Waals surface area contributed by atoms with Crippen molar-refractivity contribution in [3.63, 3.8) is 0 Å². The van der Waals surface area contributed by atoms with E-state index in [-0.39, 0.29) is 45.4 Å². The van der Waals surface area contributed by atoms with Crippen molar-refractivity contribution in [1.29, 1.82) is 0 Å². The highest BCUT2D eigenvalue weighted by atomic mass is 32.2. The van der Waals surface area contributed by atoms with Crippen LogP contribution in [-0.4, -0.2) is 74.1 Å². The van der Waals surface area contributed by atoms with Crippen LogP contribution in [0, 0.1) is 6.92 Å². The van der Waals surface area contributed by atoms with E-state index in [0.717, 1.165) is 25.2 Å². The zero-order valence-electron chi connectivity index (χ0n) is 26.7. The zero-order chi connectivity index (χ0) is 31.6. The number of carbonyl (C=O) groups excluding carboxylic acids is 1. The Morgan fingerprint density at radius 2 is 1.49 bits per heavy atom. The normalized spacial score (nSPS) is 14.7. The Balaban J connectivity index is 1.79. The van der Waals surface area contributed by atoms with E-state index in [1.54, 1.807) is 17.9 Å². The lowest BCUT2D eigenvalue weighted by Crippen LogP contribution is -2.49. The molecule has 1 amide bonds. The van der Waals surface area contributed by atoms with E-state index < -0.39 is 16.2 Å². The molecule has 1 fully saturated rings. The number of aryl methyl sites for hydroxylation is 1. The lowest BCUT2D eigenvalue weighted by molar-refractivity contribution is 0.112. The average Bonchev–Trinajstić information content (AvgIpc) is 2.95. The molecule has 3 aromatic rings. The summed E-state index contributed by atoms with van der Waals surface area (Å²) in [7, 11) is -2.87. The maximum Gasteiger partial charge on any atom is 0.415 e. The zero-order valence-corrected chi connectivity index (χ0v) is 27.5. The van der Waals surface area contributed by atoms with Crippen molar-refractivity contribution < 1.29 is 26.9 Å². The Morgan fingerprint density at radius 1 is 0.884 bits per heavy atom. The Labute approximate surface area is 255 Å². The summed E-state index contributed by atoms with van der Waals surface area (Å²) in [5.41, 5.74) is 2.87. The van der Waals surface area contributed by atoms with E-state index in [9.17, 15) is 13.2 Å². The van der Waals surface area contributed by atoms with Crippen molar-refractivity contribution >= 4 is 27.1 Å². The van der Waals surface area contributed by atoms with Crippen LogP contribution in [0.2, 0.25) is 0 Å². The third-order valence-electron chi connectivity index (χ3n) is 7.85. The van der Waals surface area contributed by atoms with Crippen LogP contribution in [0.4, 0.5) is 4.79 Å². The van der Waals surface area contributed by atoms with Crippen LogP contribution in [0.3, 0.4) is 0 Å². The number of carbonyl (C=O) groups is 1. The molecule has 43 heavy (non-hydrogen) atoms. The molecule has 0 unspecified atom stereocenters. The largest absolute Gasteiger partial charge is 0.493 e. The van der Waals surface area contributed by atoms with Gasteiger partial charge in [-0.25, -0.2) is 9.78 Å². The standard InChI is InChI=1S/C32H44N4O6S/c1-10-35-11-13-36(14-12-35)32(37)41-29-17-26-27(18-28(29)40-9)33-22(8)34-31(26)42-43(38,39)30-24(20(4)5)15-23(19(2)3)16-25(30)21(6)7/h15-21H,10-14H2,1-9H3. The molecule has 1 aliphatic rings. The van der Waals surface area contributed by atoms with Gasteiger partial charge in [0.1, 0.15) is 10.7 Å². The van der Waals surface area contributed by atoms with E-state index >= 15 is 0 Å². The first-order valence-corrected chi connectivity index (χ1v) is 16.3. The number of likely N-dealkylation sites (N-methyl/N-ethyl adjacent to an activating group) is 1. The van der Waals surface area contributed by atoms with Gasteiger partial charge in [-0.15, -0.1) is 0 Å². The van der Waals surface area contributed by atoms with Gasteiger partial charge in [-0.2, -0.15) is 13.4 Å². The highest BCUT2D eigenvalue weighted by molar-refractivity contribution is 7.87.